The smallest absolute Gasteiger partial charge is 0.308 e. The molecule has 9 rings (SSSR count). The molecule has 0 radical (unpaired) electrons. The largest absolute Gasteiger partial charge is 0.481 e. The maximum Gasteiger partial charge on any atom is 0.308 e. The maximum atomic E-state index is 15.4. The fourth-order valence-corrected chi connectivity index (χ4v) is 8.24. The number of anilines is 1. The highest BCUT2D eigenvalue weighted by atomic mass is 19.1. The van der Waals surface area contributed by atoms with Crippen molar-refractivity contribution < 1.29 is 18.7 Å². The zero-order valence-electron chi connectivity index (χ0n) is 26.0. The van der Waals surface area contributed by atoms with Crippen LogP contribution in [0.1, 0.15) is 42.4 Å². The lowest BCUT2D eigenvalue weighted by molar-refractivity contribution is -0.148. The number of fused-ring (bicyclic) bond motifs is 4. The Bertz CT molecular complexity index is 2000. The van der Waals surface area contributed by atoms with Gasteiger partial charge in [0.25, 0.3) is 0 Å². The van der Waals surface area contributed by atoms with Crippen LogP contribution in [0.2, 0.25) is 0 Å². The second kappa shape index (κ2) is 12.0. The van der Waals surface area contributed by atoms with Crippen LogP contribution >= 0.6 is 0 Å². The van der Waals surface area contributed by atoms with Crippen LogP contribution in [0.4, 0.5) is 14.6 Å². The van der Waals surface area contributed by atoms with Crippen molar-refractivity contribution >= 4 is 22.8 Å². The highest BCUT2D eigenvalue weighted by Gasteiger charge is 2.48. The number of pyridine rings is 1. The van der Waals surface area contributed by atoms with E-state index >= 15 is 8.78 Å². The highest BCUT2D eigenvalue weighted by molar-refractivity contribution is 5.93. The average molecular weight is 642 g/mol. The minimum absolute atomic E-state index is 0.0449. The second-order valence-corrected chi connectivity index (χ2v) is 12.8. The van der Waals surface area contributed by atoms with Crippen LogP contribution < -0.4 is 5.32 Å². The molecule has 6 aromatic rings. The maximum absolute atomic E-state index is 15.4. The predicted molar refractivity (Wildman–Crippen MR) is 179 cm³/mol. The van der Waals surface area contributed by atoms with Crippen molar-refractivity contribution in [2.75, 3.05) is 5.32 Å². The molecule has 3 saturated carbocycles. The summed E-state index contributed by atoms with van der Waals surface area (Å²) in [5.41, 5.74) is 2.85. The molecule has 3 heterocycles. The van der Waals surface area contributed by atoms with Gasteiger partial charge in [-0.2, -0.15) is 0 Å². The number of carbonyl (C=O) groups is 1. The molecule has 2 atom stereocenters. The van der Waals surface area contributed by atoms with Gasteiger partial charge >= 0.3 is 5.97 Å². The molecule has 0 aliphatic heterocycles. The van der Waals surface area contributed by atoms with Gasteiger partial charge in [0.05, 0.1) is 18.3 Å². The number of aliphatic carboxylic acids is 1. The van der Waals surface area contributed by atoms with Crippen molar-refractivity contribution in [3.05, 3.63) is 144 Å². The normalized spacial score (nSPS) is 20.5. The summed E-state index contributed by atoms with van der Waals surface area (Å²) in [6.07, 6.45) is 7.66. The molecule has 0 amide bonds. The zero-order valence-corrected chi connectivity index (χ0v) is 26.0. The fourth-order valence-electron chi connectivity index (χ4n) is 8.24. The number of nitrogens with zero attached hydrogens (tertiary/aromatic N) is 4. The molecule has 0 spiro atoms. The molecule has 3 aromatic heterocycles. The van der Waals surface area contributed by atoms with E-state index in [9.17, 15) is 9.90 Å². The first-order valence-electron chi connectivity index (χ1n) is 16.3. The Morgan fingerprint density at radius 3 is 1.92 bits per heavy atom. The Morgan fingerprint density at radius 1 is 0.792 bits per heavy atom. The van der Waals surface area contributed by atoms with Gasteiger partial charge < -0.3 is 15.0 Å². The highest BCUT2D eigenvalue weighted by Crippen LogP contribution is 2.47. The minimum Gasteiger partial charge on any atom is -0.481 e. The SMILES string of the molecule is O=C(O)[C@H]1C2CCC(CC2)[C@@H]1Nc1nc(-c2cn(C(c3ccccc3)(c3ccccc3)c3ccccc3)c3ncc(F)cc23)ncc1F. The molecule has 3 aliphatic carbocycles. The van der Waals surface area contributed by atoms with E-state index in [4.69, 9.17) is 0 Å². The van der Waals surface area contributed by atoms with E-state index in [0.717, 1.165) is 48.6 Å². The third-order valence-electron chi connectivity index (χ3n) is 10.3. The van der Waals surface area contributed by atoms with Crippen molar-refractivity contribution in [1.82, 2.24) is 19.5 Å². The second-order valence-electron chi connectivity index (χ2n) is 12.8. The van der Waals surface area contributed by atoms with E-state index in [1.54, 1.807) is 0 Å². The van der Waals surface area contributed by atoms with E-state index in [1.807, 2.05) is 65.4 Å². The van der Waals surface area contributed by atoms with Crippen LogP contribution in [0.15, 0.2) is 116 Å². The summed E-state index contributed by atoms with van der Waals surface area (Å²) < 4.78 is 32.5. The number of carboxylic acids is 1. The summed E-state index contributed by atoms with van der Waals surface area (Å²) in [6.45, 7) is 0. The molecule has 9 heteroatoms. The fraction of sp³-hybridized carbons (Fsp3) is 0.231. The average Bonchev–Trinajstić information content (AvgIpc) is 3.50. The first-order valence-corrected chi connectivity index (χ1v) is 16.3. The lowest BCUT2D eigenvalue weighted by Gasteiger charge is -2.47. The van der Waals surface area contributed by atoms with Gasteiger partial charge in [0.2, 0.25) is 0 Å². The molecule has 0 unspecified atom stereocenters. The monoisotopic (exact) mass is 641 g/mol. The van der Waals surface area contributed by atoms with Crippen molar-refractivity contribution in [3.8, 4) is 11.4 Å². The third-order valence-corrected chi connectivity index (χ3v) is 10.3. The van der Waals surface area contributed by atoms with E-state index in [-0.39, 0.29) is 23.5 Å². The topological polar surface area (TPSA) is 92.9 Å². The van der Waals surface area contributed by atoms with Gasteiger partial charge in [0.15, 0.2) is 17.5 Å². The standard InChI is InChI=1S/C39H33F2N5O2/c40-29-20-30-31(35-42-22-32(41)36(45-35)44-34-25-18-16-24(17-19-25)33(34)38(47)48)23-46(37(30)43-21-29)39(26-10-4-1-5-11-26,27-12-6-2-7-13-27)28-14-8-3-9-15-28/h1-15,20-25,33-34H,16-19H2,(H,47,48)(H,42,44,45)/t24?,25?,33-,34-/m0/s1. The molecule has 0 saturated heterocycles. The summed E-state index contributed by atoms with van der Waals surface area (Å²) in [7, 11) is 0. The molecule has 3 aromatic carbocycles. The van der Waals surface area contributed by atoms with Crippen molar-refractivity contribution in [2.45, 2.75) is 37.3 Å². The number of halogens is 2. The molecule has 3 aliphatic rings. The van der Waals surface area contributed by atoms with E-state index in [2.05, 4.69) is 56.7 Å². The summed E-state index contributed by atoms with van der Waals surface area (Å²) >= 11 is 0. The zero-order chi connectivity index (χ0) is 32.8. The summed E-state index contributed by atoms with van der Waals surface area (Å²) in [4.78, 5) is 26.0. The van der Waals surface area contributed by atoms with E-state index in [0.29, 0.717) is 16.6 Å². The van der Waals surface area contributed by atoms with Gasteiger partial charge in [0, 0.05) is 23.2 Å². The predicted octanol–water partition coefficient (Wildman–Crippen LogP) is 7.91. The Labute approximate surface area is 276 Å². The minimum atomic E-state index is -0.956. The number of nitrogens with one attached hydrogen (secondary N) is 1. The molecule has 7 nitrogen and oxygen atoms in total. The van der Waals surface area contributed by atoms with Gasteiger partial charge in [-0.05, 0) is 60.3 Å². The van der Waals surface area contributed by atoms with Gasteiger partial charge in [-0.15, -0.1) is 0 Å². The summed E-state index contributed by atoms with van der Waals surface area (Å²) in [5.74, 6) is -2.45. The molecule has 2 bridgehead atoms. The Balaban J connectivity index is 1.34. The van der Waals surface area contributed by atoms with Gasteiger partial charge in [-0.1, -0.05) is 91.0 Å². The lowest BCUT2D eigenvalue weighted by atomic mass is 9.61. The molecule has 2 N–H and O–H groups in total. The molecular weight excluding hydrogens is 608 g/mol. The van der Waals surface area contributed by atoms with E-state index < -0.39 is 35.1 Å². The Hall–Kier alpha value is -5.44. The summed E-state index contributed by atoms with van der Waals surface area (Å²) in [6, 6.07) is 31.1. The number of rotatable bonds is 8. The van der Waals surface area contributed by atoms with Crippen molar-refractivity contribution in [3.63, 3.8) is 0 Å². The molecule has 240 valence electrons. The first-order chi connectivity index (χ1) is 23.4. The molecule has 48 heavy (non-hydrogen) atoms. The van der Waals surface area contributed by atoms with Crippen LogP contribution in [-0.2, 0) is 10.3 Å². The number of benzene rings is 3. The quantitative estimate of drug-likeness (QED) is 0.164. The van der Waals surface area contributed by atoms with Crippen LogP contribution in [0.25, 0.3) is 22.4 Å². The number of hydrogen-bond donors (Lipinski definition) is 2. The van der Waals surface area contributed by atoms with Gasteiger partial charge in [-0.3, -0.25) is 4.79 Å². The number of carboxylic acid groups (broad SMARTS) is 1. The Kier molecular flexibility index (Phi) is 7.47. The first kappa shape index (κ1) is 29.9. The van der Waals surface area contributed by atoms with Crippen LogP contribution in [0.5, 0.6) is 0 Å². The van der Waals surface area contributed by atoms with Crippen LogP contribution in [0.3, 0.4) is 0 Å². The van der Waals surface area contributed by atoms with Gasteiger partial charge in [-0.25, -0.2) is 23.7 Å². The van der Waals surface area contributed by atoms with E-state index in [1.165, 1.54) is 12.3 Å². The Morgan fingerprint density at radius 2 is 1.35 bits per heavy atom. The summed E-state index contributed by atoms with van der Waals surface area (Å²) in [5, 5.41) is 13.8. The number of hydrogen-bond acceptors (Lipinski definition) is 5. The number of aromatic nitrogens is 4. The molecular formula is C39H33F2N5O2. The van der Waals surface area contributed by atoms with Crippen molar-refractivity contribution in [2.24, 2.45) is 17.8 Å². The van der Waals surface area contributed by atoms with Crippen LogP contribution in [0, 0.1) is 29.4 Å². The van der Waals surface area contributed by atoms with Crippen molar-refractivity contribution in [1.29, 1.82) is 0 Å². The van der Waals surface area contributed by atoms with Gasteiger partial charge in [0.1, 0.15) is 17.0 Å². The lowest BCUT2D eigenvalue weighted by Crippen LogP contribution is -2.51. The third kappa shape index (κ3) is 4.84. The molecule has 3 fully saturated rings. The van der Waals surface area contributed by atoms with Crippen LogP contribution in [-0.4, -0.2) is 36.6 Å².